The van der Waals surface area contributed by atoms with Gasteiger partial charge in [-0.05, 0) is 49.6 Å². The summed E-state index contributed by atoms with van der Waals surface area (Å²) in [6.07, 6.45) is 6.06. The first kappa shape index (κ1) is 23.1. The Hall–Kier alpha value is -1.90. The van der Waals surface area contributed by atoms with E-state index in [2.05, 4.69) is 45.6 Å². The zero-order valence-corrected chi connectivity index (χ0v) is 18.7. The van der Waals surface area contributed by atoms with Crippen LogP contribution in [0.1, 0.15) is 18.9 Å². The zero-order valence-electron chi connectivity index (χ0n) is 16.4. The molecule has 2 aromatic rings. The van der Waals surface area contributed by atoms with Crippen molar-refractivity contribution in [1.29, 1.82) is 0 Å². The van der Waals surface area contributed by atoms with Crippen LogP contribution < -0.4 is 20.1 Å². The first-order valence-electron chi connectivity index (χ1n) is 9.10. The maximum atomic E-state index is 5.35. The maximum absolute atomic E-state index is 5.35. The van der Waals surface area contributed by atoms with Crippen LogP contribution in [0.2, 0.25) is 0 Å². The lowest BCUT2D eigenvalue weighted by molar-refractivity contribution is 0.354. The van der Waals surface area contributed by atoms with Crippen LogP contribution in [0, 0.1) is 0 Å². The highest BCUT2D eigenvalue weighted by atomic mass is 127. The summed E-state index contributed by atoms with van der Waals surface area (Å²) in [6.45, 7) is 5.46. The molecule has 0 aliphatic rings. The van der Waals surface area contributed by atoms with Gasteiger partial charge < -0.3 is 24.7 Å². The lowest BCUT2D eigenvalue weighted by Crippen LogP contribution is -2.38. The molecule has 0 aliphatic carbocycles. The summed E-state index contributed by atoms with van der Waals surface area (Å²) in [6, 6.07) is 10.1. The van der Waals surface area contributed by atoms with Gasteiger partial charge in [-0.25, -0.2) is 0 Å². The Morgan fingerprint density at radius 3 is 2.48 bits per heavy atom. The number of methoxy groups -OCH3 is 2. The number of nitrogens with one attached hydrogen (secondary N) is 2. The molecule has 7 heteroatoms. The van der Waals surface area contributed by atoms with Crippen LogP contribution in [0.3, 0.4) is 0 Å². The van der Waals surface area contributed by atoms with Gasteiger partial charge in [-0.3, -0.25) is 4.99 Å². The first-order valence-corrected chi connectivity index (χ1v) is 9.10. The smallest absolute Gasteiger partial charge is 0.191 e. The number of aliphatic imine (C=N–C) groups is 1. The van der Waals surface area contributed by atoms with E-state index in [1.54, 1.807) is 14.2 Å². The largest absolute Gasteiger partial charge is 0.493 e. The highest BCUT2D eigenvalue weighted by Gasteiger charge is 2.04. The van der Waals surface area contributed by atoms with Crippen molar-refractivity contribution in [3.8, 4) is 11.5 Å². The molecule has 6 nitrogen and oxygen atoms in total. The average Bonchev–Trinajstić information content (AvgIpc) is 3.18. The molecule has 0 saturated heterocycles. The molecule has 0 atom stereocenters. The standard InChI is InChI=1S/C20H30N4O2.HI/c1-4-21-20(23-12-15-24-13-5-6-14-24)22-11-7-8-17-9-10-18(25-2)19(16-17)26-3;/h5-6,9-10,13-14,16H,4,7-8,11-12,15H2,1-3H3,(H2,21,22,23);1H. The fraction of sp³-hybridized carbons (Fsp3) is 0.450. The number of aromatic nitrogens is 1. The Labute approximate surface area is 179 Å². The van der Waals surface area contributed by atoms with E-state index in [0.29, 0.717) is 0 Å². The van der Waals surface area contributed by atoms with Crippen LogP contribution in [0.4, 0.5) is 0 Å². The minimum Gasteiger partial charge on any atom is -0.493 e. The summed E-state index contributed by atoms with van der Waals surface area (Å²) in [7, 11) is 3.31. The van der Waals surface area contributed by atoms with Crippen molar-refractivity contribution in [1.82, 2.24) is 15.2 Å². The minimum absolute atomic E-state index is 0. The van der Waals surface area contributed by atoms with Crippen LogP contribution in [-0.2, 0) is 13.0 Å². The molecule has 0 aliphatic heterocycles. The Balaban J connectivity index is 0.00000364. The number of hydrogen-bond donors (Lipinski definition) is 2. The van der Waals surface area contributed by atoms with Crippen LogP contribution >= 0.6 is 24.0 Å². The third-order valence-corrected chi connectivity index (χ3v) is 4.01. The molecule has 0 unspecified atom stereocenters. The van der Waals surface area contributed by atoms with E-state index in [9.17, 15) is 0 Å². The lowest BCUT2D eigenvalue weighted by Gasteiger charge is -2.12. The number of rotatable bonds is 10. The first-order chi connectivity index (χ1) is 12.8. The number of ether oxygens (including phenoxy) is 2. The number of benzene rings is 1. The molecule has 1 aromatic carbocycles. The Kier molecular flexibility index (Phi) is 11.4. The molecule has 0 radical (unpaired) electrons. The second-order valence-electron chi connectivity index (χ2n) is 5.90. The molecular weight excluding hydrogens is 455 g/mol. The number of halogens is 1. The molecule has 1 heterocycles. The van der Waals surface area contributed by atoms with E-state index in [0.717, 1.165) is 56.5 Å². The second kappa shape index (κ2) is 13.3. The van der Waals surface area contributed by atoms with Gasteiger partial charge in [0.25, 0.3) is 0 Å². The fourth-order valence-electron chi connectivity index (χ4n) is 2.67. The van der Waals surface area contributed by atoms with Gasteiger partial charge >= 0.3 is 0 Å². The number of aryl methyl sites for hydroxylation is 1. The molecule has 1 aromatic heterocycles. The van der Waals surface area contributed by atoms with E-state index in [4.69, 9.17) is 9.47 Å². The quantitative estimate of drug-likeness (QED) is 0.234. The zero-order chi connectivity index (χ0) is 18.6. The van der Waals surface area contributed by atoms with Crippen LogP contribution in [0.25, 0.3) is 0 Å². The molecule has 0 amide bonds. The SMILES string of the molecule is CCNC(=NCCCc1ccc(OC)c(OC)c1)NCCn1cccc1.I. The van der Waals surface area contributed by atoms with Gasteiger partial charge in [-0.2, -0.15) is 0 Å². The molecule has 2 rings (SSSR count). The maximum Gasteiger partial charge on any atom is 0.191 e. The highest BCUT2D eigenvalue weighted by molar-refractivity contribution is 14.0. The second-order valence-corrected chi connectivity index (χ2v) is 5.90. The molecule has 2 N–H and O–H groups in total. The predicted molar refractivity (Wildman–Crippen MR) is 122 cm³/mol. The molecule has 0 saturated carbocycles. The van der Waals surface area contributed by atoms with Crippen LogP contribution in [-0.4, -0.2) is 44.4 Å². The van der Waals surface area contributed by atoms with Crippen molar-refractivity contribution >= 4 is 29.9 Å². The summed E-state index contributed by atoms with van der Waals surface area (Å²) in [5.41, 5.74) is 1.23. The van der Waals surface area contributed by atoms with Crippen molar-refractivity contribution in [2.75, 3.05) is 33.9 Å². The fourth-order valence-corrected chi connectivity index (χ4v) is 2.67. The average molecular weight is 486 g/mol. The van der Waals surface area contributed by atoms with Crippen molar-refractivity contribution in [2.45, 2.75) is 26.3 Å². The molecule has 0 fully saturated rings. The van der Waals surface area contributed by atoms with Crippen molar-refractivity contribution in [3.63, 3.8) is 0 Å². The van der Waals surface area contributed by atoms with E-state index in [1.807, 2.05) is 24.3 Å². The van der Waals surface area contributed by atoms with Gasteiger partial charge in [-0.1, -0.05) is 6.07 Å². The summed E-state index contributed by atoms with van der Waals surface area (Å²) in [5.74, 6) is 2.40. The number of nitrogens with zero attached hydrogens (tertiary/aromatic N) is 2. The summed E-state index contributed by atoms with van der Waals surface area (Å²) < 4.78 is 12.8. The molecular formula is C20H31IN4O2. The van der Waals surface area contributed by atoms with E-state index in [1.165, 1.54) is 5.56 Å². The van der Waals surface area contributed by atoms with Crippen molar-refractivity contribution in [2.24, 2.45) is 4.99 Å². The minimum atomic E-state index is 0. The molecule has 0 bridgehead atoms. The molecule has 27 heavy (non-hydrogen) atoms. The monoisotopic (exact) mass is 486 g/mol. The van der Waals surface area contributed by atoms with Crippen molar-refractivity contribution in [3.05, 3.63) is 48.3 Å². The van der Waals surface area contributed by atoms with Gasteiger partial charge in [-0.15, -0.1) is 24.0 Å². The molecule has 0 spiro atoms. The van der Waals surface area contributed by atoms with Gasteiger partial charge in [0, 0.05) is 38.6 Å². The summed E-state index contributed by atoms with van der Waals surface area (Å²) >= 11 is 0. The van der Waals surface area contributed by atoms with Gasteiger partial charge in [0.15, 0.2) is 17.5 Å². The number of hydrogen-bond acceptors (Lipinski definition) is 3. The van der Waals surface area contributed by atoms with Crippen LogP contribution in [0.15, 0.2) is 47.7 Å². The molecule has 150 valence electrons. The third-order valence-electron chi connectivity index (χ3n) is 4.01. The van der Waals surface area contributed by atoms with Gasteiger partial charge in [0.2, 0.25) is 0 Å². The third kappa shape index (κ3) is 8.11. The summed E-state index contributed by atoms with van der Waals surface area (Å²) in [4.78, 5) is 4.65. The van der Waals surface area contributed by atoms with Crippen molar-refractivity contribution < 1.29 is 9.47 Å². The highest BCUT2D eigenvalue weighted by Crippen LogP contribution is 2.27. The Bertz CT molecular complexity index is 675. The van der Waals surface area contributed by atoms with Gasteiger partial charge in [0.05, 0.1) is 14.2 Å². The van der Waals surface area contributed by atoms with E-state index < -0.39 is 0 Å². The van der Waals surface area contributed by atoms with E-state index in [-0.39, 0.29) is 24.0 Å². The predicted octanol–water partition coefficient (Wildman–Crippen LogP) is 3.31. The number of guanidine groups is 1. The van der Waals surface area contributed by atoms with E-state index >= 15 is 0 Å². The lowest BCUT2D eigenvalue weighted by atomic mass is 10.1. The summed E-state index contributed by atoms with van der Waals surface area (Å²) in [5, 5.41) is 6.66. The normalized spacial score (nSPS) is 10.9. The Morgan fingerprint density at radius 2 is 1.81 bits per heavy atom. The van der Waals surface area contributed by atoms with Gasteiger partial charge in [0.1, 0.15) is 0 Å². The Morgan fingerprint density at radius 1 is 1.07 bits per heavy atom. The van der Waals surface area contributed by atoms with Crippen LogP contribution in [0.5, 0.6) is 11.5 Å². The topological polar surface area (TPSA) is 59.8 Å².